The quantitative estimate of drug-likeness (QED) is 0.0760. The standard InChI is InChI=1S/C49H48ClN7O8S2/c1-51-42(60)13-10-35(25-58)57-40-12-11-36(37-6-3-7-38(44(37)40)48(57)63)30-14-18-55(19-15-30)49-52-24-32-9-8-29(22-39(32)54-49)28-67(64)56-20-16-33(17-21-56)53-34-5-2-4-31(23-34)47-45(50)46(41(26-59)66-47)65-27-43(61)62/h2-9,11-12,22-26,30,33,35,53H,10,13-21,27-28H2,1H3,(H,51,60)(H,61,62). The van der Waals surface area contributed by atoms with Crippen LogP contribution in [0.1, 0.15) is 75.6 Å². The van der Waals surface area contributed by atoms with E-state index >= 15 is 0 Å². The monoisotopic (exact) mass is 961 g/mol. The van der Waals surface area contributed by atoms with Gasteiger partial charge < -0.3 is 30.2 Å². The molecule has 346 valence electrons. The van der Waals surface area contributed by atoms with Crippen LogP contribution in [0, 0.1) is 0 Å². The van der Waals surface area contributed by atoms with E-state index in [-0.39, 0.29) is 52.3 Å². The minimum atomic E-state index is -1.24. The molecule has 3 aliphatic rings. The molecular formula is C49H48ClN7O8S2. The minimum Gasteiger partial charge on any atom is -0.479 e. The summed E-state index contributed by atoms with van der Waals surface area (Å²) in [4.78, 5) is 74.9. The molecular weight excluding hydrogens is 914 g/mol. The maximum Gasteiger partial charge on any atom is 0.341 e. The molecule has 3 N–H and O–H groups in total. The highest BCUT2D eigenvalue weighted by atomic mass is 35.5. The zero-order valence-electron chi connectivity index (χ0n) is 36.6. The Labute approximate surface area is 398 Å². The number of thiophene rings is 1. The van der Waals surface area contributed by atoms with Gasteiger partial charge in [0, 0.05) is 73.9 Å². The van der Waals surface area contributed by atoms with E-state index in [1.165, 1.54) is 5.56 Å². The number of hydrogen-bond acceptors (Lipinski definition) is 12. The number of aliphatic carboxylic acids is 1. The number of rotatable bonds is 17. The van der Waals surface area contributed by atoms with Crippen molar-refractivity contribution in [3.8, 4) is 16.2 Å². The minimum absolute atomic E-state index is 0.0684. The number of carboxylic acid groups (broad SMARTS) is 1. The van der Waals surface area contributed by atoms with Crippen LogP contribution in [0.3, 0.4) is 0 Å². The first kappa shape index (κ1) is 45.9. The second kappa shape index (κ2) is 19.9. The Morgan fingerprint density at radius 1 is 1.01 bits per heavy atom. The van der Waals surface area contributed by atoms with Crippen molar-refractivity contribution in [1.82, 2.24) is 19.6 Å². The van der Waals surface area contributed by atoms with Gasteiger partial charge in [-0.25, -0.2) is 23.3 Å². The van der Waals surface area contributed by atoms with Crippen LogP contribution in [0.4, 0.5) is 17.3 Å². The first-order valence-electron chi connectivity index (χ1n) is 22.2. The molecule has 2 atom stereocenters. The van der Waals surface area contributed by atoms with Crippen molar-refractivity contribution in [2.45, 2.75) is 62.3 Å². The third-order valence-electron chi connectivity index (χ3n) is 12.9. The summed E-state index contributed by atoms with van der Waals surface area (Å²) >= 11 is 7.71. The Hall–Kier alpha value is -6.27. The van der Waals surface area contributed by atoms with Crippen molar-refractivity contribution in [1.29, 1.82) is 0 Å². The van der Waals surface area contributed by atoms with Crippen molar-refractivity contribution in [2.75, 3.05) is 55.0 Å². The Kier molecular flexibility index (Phi) is 13.6. The van der Waals surface area contributed by atoms with E-state index < -0.39 is 29.6 Å². The molecule has 3 aliphatic heterocycles. The van der Waals surface area contributed by atoms with Gasteiger partial charge in [0.25, 0.3) is 5.91 Å². The number of amides is 2. The van der Waals surface area contributed by atoms with Crippen LogP contribution < -0.4 is 25.2 Å². The number of nitrogens with zero attached hydrogens (tertiary/aromatic N) is 5. The Bertz CT molecular complexity index is 2930. The zero-order valence-corrected chi connectivity index (χ0v) is 39.0. The van der Waals surface area contributed by atoms with Gasteiger partial charge in [0.1, 0.15) is 16.2 Å². The molecule has 4 aromatic carbocycles. The fraction of sp³-hybridized carbons (Fsp3) is 0.327. The maximum atomic E-state index is 13.7. The van der Waals surface area contributed by atoms with Gasteiger partial charge in [0.15, 0.2) is 18.6 Å². The highest BCUT2D eigenvalue weighted by Gasteiger charge is 2.36. The summed E-state index contributed by atoms with van der Waals surface area (Å²) in [6.45, 7) is 2.19. The summed E-state index contributed by atoms with van der Waals surface area (Å²) in [7, 11) is 0.312. The number of halogens is 1. The largest absolute Gasteiger partial charge is 0.479 e. The van der Waals surface area contributed by atoms with E-state index in [0.29, 0.717) is 47.2 Å². The molecule has 5 heterocycles. The van der Waals surface area contributed by atoms with Gasteiger partial charge in [-0.05, 0) is 90.4 Å². The number of anilines is 3. The maximum absolute atomic E-state index is 13.7. The summed E-state index contributed by atoms with van der Waals surface area (Å²) in [6, 6.07) is 22.9. The number of piperidine rings is 2. The molecule has 6 aromatic rings. The van der Waals surface area contributed by atoms with Gasteiger partial charge in [-0.15, -0.1) is 11.3 Å². The number of ether oxygens (including phenoxy) is 1. The fourth-order valence-corrected chi connectivity index (χ4v) is 12.1. The number of carboxylic acids is 1. The van der Waals surface area contributed by atoms with Crippen LogP contribution in [-0.2, 0) is 31.1 Å². The number of nitrogens with one attached hydrogen (secondary N) is 2. The van der Waals surface area contributed by atoms with E-state index in [4.69, 9.17) is 31.4 Å². The molecule has 2 aromatic heterocycles. The molecule has 2 saturated heterocycles. The first-order valence-corrected chi connectivity index (χ1v) is 24.7. The number of aldehydes is 2. The lowest BCUT2D eigenvalue weighted by molar-refractivity contribution is -0.139. The van der Waals surface area contributed by atoms with E-state index in [9.17, 15) is 28.2 Å². The lowest BCUT2D eigenvalue weighted by Crippen LogP contribution is -2.40. The van der Waals surface area contributed by atoms with Crippen LogP contribution >= 0.6 is 22.9 Å². The Morgan fingerprint density at radius 3 is 2.55 bits per heavy atom. The molecule has 0 saturated carbocycles. The number of fused-ring (bicyclic) bond motifs is 1. The summed E-state index contributed by atoms with van der Waals surface area (Å²) in [5.74, 6) is -0.235. The molecule has 2 unspecified atom stereocenters. The van der Waals surface area contributed by atoms with Crippen LogP contribution in [0.15, 0.2) is 79.0 Å². The zero-order chi connectivity index (χ0) is 46.8. The van der Waals surface area contributed by atoms with Crippen LogP contribution in [-0.4, -0.2) is 106 Å². The normalized spacial score (nSPS) is 16.6. The number of carbonyl (C=O) groups excluding carboxylic acids is 4. The highest BCUT2D eigenvalue weighted by Crippen LogP contribution is 2.46. The molecule has 15 nitrogen and oxygen atoms in total. The van der Waals surface area contributed by atoms with Crippen molar-refractivity contribution < 1.29 is 38.0 Å². The SMILES string of the molecule is CNC(=O)CCC(C=O)N1C(=O)c2cccc3c(C4CCN(c5ncc6ccc(CS(=O)N7CCC(Nc8cccc(-c9sc(C=O)c(OCC(=O)O)c9Cl)c8)CC7)cc6n5)CC4)ccc1c23. The van der Waals surface area contributed by atoms with Gasteiger partial charge >= 0.3 is 5.97 Å². The van der Waals surface area contributed by atoms with Crippen molar-refractivity contribution in [2.24, 2.45) is 0 Å². The number of hydrogen-bond donors (Lipinski definition) is 3. The Morgan fingerprint density at radius 2 is 1.81 bits per heavy atom. The number of aromatic nitrogens is 2. The van der Waals surface area contributed by atoms with Gasteiger partial charge in [-0.3, -0.25) is 19.3 Å². The van der Waals surface area contributed by atoms with Crippen molar-refractivity contribution >= 4 is 103 Å². The predicted octanol–water partition coefficient (Wildman–Crippen LogP) is 7.62. The molecule has 0 aliphatic carbocycles. The fourth-order valence-electron chi connectivity index (χ4n) is 9.44. The molecule has 18 heteroatoms. The third kappa shape index (κ3) is 9.50. The number of benzene rings is 4. The molecule has 67 heavy (non-hydrogen) atoms. The Balaban J connectivity index is 0.802. The topological polar surface area (TPSA) is 191 Å². The summed E-state index contributed by atoms with van der Waals surface area (Å²) in [5, 5.41) is 18.2. The van der Waals surface area contributed by atoms with Crippen LogP contribution in [0.2, 0.25) is 5.02 Å². The second-order valence-electron chi connectivity index (χ2n) is 17.0. The van der Waals surface area contributed by atoms with E-state index in [0.717, 1.165) is 94.9 Å². The predicted molar refractivity (Wildman–Crippen MR) is 261 cm³/mol. The first-order chi connectivity index (χ1) is 32.5. The van der Waals surface area contributed by atoms with Gasteiger partial charge in [-0.2, -0.15) is 0 Å². The lowest BCUT2D eigenvalue weighted by Gasteiger charge is -2.33. The average molecular weight is 963 g/mol. The van der Waals surface area contributed by atoms with E-state index in [1.54, 1.807) is 11.9 Å². The molecule has 0 radical (unpaired) electrons. The van der Waals surface area contributed by atoms with Gasteiger partial charge in [0.2, 0.25) is 11.9 Å². The number of carbonyl (C=O) groups is 5. The summed E-state index contributed by atoms with van der Waals surface area (Å²) < 4.78 is 21.0. The van der Waals surface area contributed by atoms with E-state index in [2.05, 4.69) is 27.7 Å². The smallest absolute Gasteiger partial charge is 0.341 e. The summed E-state index contributed by atoms with van der Waals surface area (Å²) in [6.07, 6.45) is 6.89. The molecule has 2 fully saturated rings. The van der Waals surface area contributed by atoms with Crippen molar-refractivity contribution in [3.05, 3.63) is 106 Å². The lowest BCUT2D eigenvalue weighted by atomic mass is 9.85. The van der Waals surface area contributed by atoms with Gasteiger partial charge in [0.05, 0.1) is 38.9 Å². The molecule has 0 bridgehead atoms. The summed E-state index contributed by atoms with van der Waals surface area (Å²) in [5.41, 5.74) is 5.83. The van der Waals surface area contributed by atoms with Crippen LogP contribution in [0.5, 0.6) is 5.75 Å². The highest BCUT2D eigenvalue weighted by molar-refractivity contribution is 7.81. The molecule has 9 rings (SSSR count). The van der Waals surface area contributed by atoms with E-state index in [1.807, 2.05) is 71.2 Å². The average Bonchev–Trinajstić information content (AvgIpc) is 3.83. The molecule has 0 spiro atoms. The second-order valence-corrected chi connectivity index (χ2v) is 19.8. The van der Waals surface area contributed by atoms with Crippen LogP contribution in [0.25, 0.3) is 32.1 Å². The molecule has 2 amide bonds. The van der Waals surface area contributed by atoms with Crippen molar-refractivity contribution in [3.63, 3.8) is 0 Å². The third-order valence-corrected chi connectivity index (χ3v) is 16.0. The van der Waals surface area contributed by atoms with Gasteiger partial charge in [-0.1, -0.05) is 54.1 Å².